The van der Waals surface area contributed by atoms with E-state index < -0.39 is 0 Å². The van der Waals surface area contributed by atoms with E-state index in [1.165, 1.54) is 0 Å². The zero-order valence-electron chi connectivity index (χ0n) is 17.7. The highest BCUT2D eigenvalue weighted by molar-refractivity contribution is 5.92. The SMILES string of the molecule is CC(=O)N1CCC(C2CN(C(=O)c3ccn(C)n3)CC2COc2ccccc2)CC1. The number of carbonyl (C=O) groups is 2. The predicted octanol–water partition coefficient (Wildman–Crippen LogP) is 2.45. The van der Waals surface area contributed by atoms with Crippen LogP contribution in [0, 0.1) is 17.8 Å². The summed E-state index contributed by atoms with van der Waals surface area (Å²) >= 11 is 0. The molecule has 0 saturated carbocycles. The summed E-state index contributed by atoms with van der Waals surface area (Å²) in [6.45, 7) is 5.24. The minimum absolute atomic E-state index is 0.0102. The van der Waals surface area contributed by atoms with E-state index in [-0.39, 0.29) is 17.7 Å². The van der Waals surface area contributed by atoms with Crippen LogP contribution in [0.2, 0.25) is 0 Å². The van der Waals surface area contributed by atoms with Gasteiger partial charge in [-0.3, -0.25) is 14.3 Å². The van der Waals surface area contributed by atoms with Crippen molar-refractivity contribution < 1.29 is 14.3 Å². The zero-order chi connectivity index (χ0) is 21.1. The van der Waals surface area contributed by atoms with E-state index in [1.807, 2.05) is 47.2 Å². The lowest BCUT2D eigenvalue weighted by Crippen LogP contribution is -2.40. The van der Waals surface area contributed by atoms with Gasteiger partial charge in [-0.1, -0.05) is 18.2 Å². The maximum absolute atomic E-state index is 13.0. The van der Waals surface area contributed by atoms with Crippen LogP contribution in [0.15, 0.2) is 42.6 Å². The first-order valence-electron chi connectivity index (χ1n) is 10.7. The van der Waals surface area contributed by atoms with Crippen molar-refractivity contribution in [3.63, 3.8) is 0 Å². The van der Waals surface area contributed by atoms with Gasteiger partial charge in [0.05, 0.1) is 6.61 Å². The van der Waals surface area contributed by atoms with Gasteiger partial charge in [-0.2, -0.15) is 5.10 Å². The fraction of sp³-hybridized carbons (Fsp3) is 0.522. The first-order chi connectivity index (χ1) is 14.5. The van der Waals surface area contributed by atoms with E-state index in [4.69, 9.17) is 4.74 Å². The number of amides is 2. The molecule has 0 radical (unpaired) electrons. The number of carbonyl (C=O) groups excluding carboxylic acids is 2. The molecule has 2 aliphatic rings. The molecule has 0 N–H and O–H groups in total. The fourth-order valence-electron chi connectivity index (χ4n) is 4.83. The van der Waals surface area contributed by atoms with Crippen LogP contribution in [0.5, 0.6) is 5.75 Å². The number of rotatable bonds is 5. The van der Waals surface area contributed by atoms with E-state index in [9.17, 15) is 9.59 Å². The summed E-state index contributed by atoms with van der Waals surface area (Å²) in [5, 5.41) is 4.29. The smallest absolute Gasteiger partial charge is 0.274 e. The molecule has 0 aliphatic carbocycles. The van der Waals surface area contributed by atoms with Gasteiger partial charge in [0.15, 0.2) is 0 Å². The number of benzene rings is 1. The number of aryl methyl sites for hydroxylation is 1. The summed E-state index contributed by atoms with van der Waals surface area (Å²) in [6, 6.07) is 11.6. The van der Waals surface area contributed by atoms with Crippen molar-refractivity contribution in [1.29, 1.82) is 0 Å². The van der Waals surface area contributed by atoms with Crippen LogP contribution in [0.3, 0.4) is 0 Å². The summed E-state index contributed by atoms with van der Waals surface area (Å²) in [5.41, 5.74) is 0.493. The standard InChI is InChI=1S/C23H30N4O3/c1-17(28)26-12-8-18(9-13-26)21-15-27(23(29)22-10-11-25(2)24-22)14-19(21)16-30-20-6-4-3-5-7-20/h3-7,10-11,18-19,21H,8-9,12-16H2,1-2H3. The van der Waals surface area contributed by atoms with Crippen LogP contribution in [-0.2, 0) is 11.8 Å². The molecule has 0 bridgehead atoms. The van der Waals surface area contributed by atoms with Crippen molar-refractivity contribution in [3.05, 3.63) is 48.3 Å². The van der Waals surface area contributed by atoms with Crippen molar-refractivity contribution >= 4 is 11.8 Å². The Kier molecular flexibility index (Phi) is 6.06. The molecule has 2 unspecified atom stereocenters. The number of hydrogen-bond donors (Lipinski definition) is 0. The maximum atomic E-state index is 13.0. The van der Waals surface area contributed by atoms with Gasteiger partial charge < -0.3 is 14.5 Å². The Morgan fingerprint density at radius 2 is 1.80 bits per heavy atom. The van der Waals surface area contributed by atoms with Crippen molar-refractivity contribution in [3.8, 4) is 5.75 Å². The van der Waals surface area contributed by atoms with E-state index in [0.29, 0.717) is 30.7 Å². The molecule has 0 spiro atoms. The topological polar surface area (TPSA) is 67.7 Å². The molecule has 3 heterocycles. The van der Waals surface area contributed by atoms with Gasteiger partial charge in [0, 0.05) is 52.3 Å². The van der Waals surface area contributed by atoms with E-state index in [0.717, 1.165) is 38.2 Å². The van der Waals surface area contributed by atoms with Crippen LogP contribution < -0.4 is 4.74 Å². The third kappa shape index (κ3) is 4.50. The van der Waals surface area contributed by atoms with E-state index in [1.54, 1.807) is 23.9 Å². The normalized spacial score (nSPS) is 22.3. The van der Waals surface area contributed by atoms with Crippen LogP contribution in [0.1, 0.15) is 30.3 Å². The lowest BCUT2D eigenvalue weighted by molar-refractivity contribution is -0.130. The van der Waals surface area contributed by atoms with Crippen LogP contribution in [-0.4, -0.2) is 64.2 Å². The van der Waals surface area contributed by atoms with Gasteiger partial charge >= 0.3 is 0 Å². The van der Waals surface area contributed by atoms with Crippen molar-refractivity contribution in [1.82, 2.24) is 19.6 Å². The molecule has 160 valence electrons. The Bertz CT molecular complexity index is 874. The molecule has 1 aromatic carbocycles. The lowest BCUT2D eigenvalue weighted by atomic mass is 9.78. The molecule has 2 aliphatic heterocycles. The van der Waals surface area contributed by atoms with Gasteiger partial charge in [0.2, 0.25) is 5.91 Å². The highest BCUT2D eigenvalue weighted by atomic mass is 16.5. The average Bonchev–Trinajstić information content (AvgIpc) is 3.39. The number of piperidine rings is 1. The third-order valence-electron chi connectivity index (χ3n) is 6.51. The second-order valence-electron chi connectivity index (χ2n) is 8.48. The molecule has 2 atom stereocenters. The molecular formula is C23H30N4O3. The van der Waals surface area contributed by atoms with Crippen LogP contribution >= 0.6 is 0 Å². The molecule has 1 aromatic heterocycles. The van der Waals surface area contributed by atoms with Gasteiger partial charge in [-0.25, -0.2) is 0 Å². The summed E-state index contributed by atoms with van der Waals surface area (Å²) in [4.78, 5) is 28.6. The Labute approximate surface area is 177 Å². The van der Waals surface area contributed by atoms with Crippen molar-refractivity contribution in [2.24, 2.45) is 24.8 Å². The molecule has 7 heteroatoms. The molecule has 2 aromatic rings. The second-order valence-corrected chi connectivity index (χ2v) is 8.48. The summed E-state index contributed by atoms with van der Waals surface area (Å²) in [5.74, 6) is 2.13. The highest BCUT2D eigenvalue weighted by Crippen LogP contribution is 2.36. The largest absolute Gasteiger partial charge is 0.493 e. The maximum Gasteiger partial charge on any atom is 0.274 e. The number of hydrogen-bond acceptors (Lipinski definition) is 4. The van der Waals surface area contributed by atoms with E-state index in [2.05, 4.69) is 5.10 Å². The van der Waals surface area contributed by atoms with Gasteiger partial charge in [0.1, 0.15) is 11.4 Å². The monoisotopic (exact) mass is 410 g/mol. The Balaban J connectivity index is 1.46. The Morgan fingerprint density at radius 1 is 1.07 bits per heavy atom. The highest BCUT2D eigenvalue weighted by Gasteiger charge is 2.41. The average molecular weight is 411 g/mol. The summed E-state index contributed by atoms with van der Waals surface area (Å²) in [6.07, 6.45) is 3.77. The molecular weight excluding hydrogens is 380 g/mol. The van der Waals surface area contributed by atoms with Gasteiger partial charge in [-0.05, 0) is 42.9 Å². The number of para-hydroxylation sites is 1. The van der Waals surface area contributed by atoms with Crippen molar-refractivity contribution in [2.45, 2.75) is 19.8 Å². The Morgan fingerprint density at radius 3 is 2.43 bits per heavy atom. The molecule has 2 fully saturated rings. The molecule has 2 amide bonds. The zero-order valence-corrected chi connectivity index (χ0v) is 17.7. The quantitative estimate of drug-likeness (QED) is 0.759. The first kappa shape index (κ1) is 20.4. The second kappa shape index (κ2) is 8.90. The third-order valence-corrected chi connectivity index (χ3v) is 6.51. The molecule has 4 rings (SSSR count). The van der Waals surface area contributed by atoms with Crippen molar-refractivity contribution in [2.75, 3.05) is 32.8 Å². The van der Waals surface area contributed by atoms with Crippen LogP contribution in [0.25, 0.3) is 0 Å². The number of likely N-dealkylation sites (tertiary alicyclic amines) is 2. The number of ether oxygens (including phenoxy) is 1. The van der Waals surface area contributed by atoms with Crippen LogP contribution in [0.4, 0.5) is 0 Å². The van der Waals surface area contributed by atoms with E-state index >= 15 is 0 Å². The number of aromatic nitrogens is 2. The Hall–Kier alpha value is -2.83. The first-order valence-corrected chi connectivity index (χ1v) is 10.7. The lowest BCUT2D eigenvalue weighted by Gasteiger charge is -2.36. The molecule has 2 saturated heterocycles. The molecule has 7 nitrogen and oxygen atoms in total. The van der Waals surface area contributed by atoms with Gasteiger partial charge in [0.25, 0.3) is 5.91 Å². The minimum atomic E-state index is -0.0102. The fourth-order valence-corrected chi connectivity index (χ4v) is 4.83. The summed E-state index contributed by atoms with van der Waals surface area (Å²) in [7, 11) is 1.82. The molecule has 30 heavy (non-hydrogen) atoms. The number of nitrogens with zero attached hydrogens (tertiary/aromatic N) is 4. The predicted molar refractivity (Wildman–Crippen MR) is 113 cm³/mol. The van der Waals surface area contributed by atoms with Gasteiger partial charge in [-0.15, -0.1) is 0 Å². The minimum Gasteiger partial charge on any atom is -0.493 e. The summed E-state index contributed by atoms with van der Waals surface area (Å²) < 4.78 is 7.75.